The van der Waals surface area contributed by atoms with E-state index in [4.69, 9.17) is 4.74 Å². The summed E-state index contributed by atoms with van der Waals surface area (Å²) in [5, 5.41) is 3.58. The van der Waals surface area contributed by atoms with Gasteiger partial charge in [-0.15, -0.1) is 0 Å². The number of aromatic nitrogens is 1. The molecule has 0 saturated heterocycles. The number of hydrogen-bond donors (Lipinski definition) is 1. The second-order valence-corrected chi connectivity index (χ2v) is 4.83. The Hall–Kier alpha value is -1.87. The van der Waals surface area contributed by atoms with Crippen molar-refractivity contribution in [2.24, 2.45) is 0 Å². The molecule has 0 aliphatic carbocycles. The van der Waals surface area contributed by atoms with Gasteiger partial charge in [0.2, 0.25) is 0 Å². The number of benzene rings is 1. The third-order valence-electron chi connectivity index (χ3n) is 3.37. The Morgan fingerprint density at radius 1 is 1.20 bits per heavy atom. The fourth-order valence-corrected chi connectivity index (χ4v) is 2.35. The second-order valence-electron chi connectivity index (χ2n) is 4.83. The highest BCUT2D eigenvalue weighted by Gasteiger charge is 2.19. The van der Waals surface area contributed by atoms with Crippen LogP contribution < -0.4 is 10.1 Å². The minimum absolute atomic E-state index is 0.0623. The quantitative estimate of drug-likeness (QED) is 0.872. The first-order valence-electron chi connectivity index (χ1n) is 7.05. The summed E-state index contributed by atoms with van der Waals surface area (Å²) in [5.41, 5.74) is 3.38. The first kappa shape index (κ1) is 14.5. The molecular weight excluding hydrogens is 248 g/mol. The van der Waals surface area contributed by atoms with Crippen molar-refractivity contribution in [3.8, 4) is 5.75 Å². The molecule has 0 fully saturated rings. The third-order valence-corrected chi connectivity index (χ3v) is 3.37. The molecular formula is C17H22N2O. The van der Waals surface area contributed by atoms with Crippen LogP contribution in [0.3, 0.4) is 0 Å². The SMILES string of the molecule is CCCNC(c1ccccc1OC)c1ncccc1C. The average molecular weight is 270 g/mol. The van der Waals surface area contributed by atoms with Gasteiger partial charge in [-0.1, -0.05) is 31.2 Å². The van der Waals surface area contributed by atoms with Crippen molar-refractivity contribution in [3.05, 3.63) is 59.4 Å². The Morgan fingerprint density at radius 2 is 2.00 bits per heavy atom. The number of aryl methyl sites for hydroxylation is 1. The van der Waals surface area contributed by atoms with Crippen LogP contribution in [0, 0.1) is 6.92 Å². The highest BCUT2D eigenvalue weighted by Crippen LogP contribution is 2.30. The molecule has 0 aliphatic rings. The summed E-state index contributed by atoms with van der Waals surface area (Å²) >= 11 is 0. The largest absolute Gasteiger partial charge is 0.496 e. The van der Waals surface area contributed by atoms with Gasteiger partial charge in [-0.2, -0.15) is 0 Å². The Morgan fingerprint density at radius 3 is 2.70 bits per heavy atom. The Bertz CT molecular complexity index is 554. The minimum Gasteiger partial charge on any atom is -0.496 e. The summed E-state index contributed by atoms with van der Waals surface area (Å²) in [6.07, 6.45) is 2.93. The maximum Gasteiger partial charge on any atom is 0.124 e. The van der Waals surface area contributed by atoms with Crippen molar-refractivity contribution in [1.82, 2.24) is 10.3 Å². The molecule has 1 unspecified atom stereocenters. The number of methoxy groups -OCH3 is 1. The molecule has 1 atom stereocenters. The molecule has 1 N–H and O–H groups in total. The number of ether oxygens (including phenoxy) is 1. The normalized spacial score (nSPS) is 12.2. The molecule has 1 aromatic heterocycles. The topological polar surface area (TPSA) is 34.1 Å². The number of nitrogens with one attached hydrogen (secondary N) is 1. The van der Waals surface area contributed by atoms with E-state index >= 15 is 0 Å². The monoisotopic (exact) mass is 270 g/mol. The van der Waals surface area contributed by atoms with Crippen LogP contribution in [-0.2, 0) is 0 Å². The van der Waals surface area contributed by atoms with E-state index in [1.165, 1.54) is 5.56 Å². The van der Waals surface area contributed by atoms with Gasteiger partial charge in [-0.25, -0.2) is 0 Å². The molecule has 2 rings (SSSR count). The molecule has 3 nitrogen and oxygen atoms in total. The summed E-state index contributed by atoms with van der Waals surface area (Å²) < 4.78 is 5.50. The molecule has 2 aromatic rings. The van der Waals surface area contributed by atoms with Crippen LogP contribution in [0.15, 0.2) is 42.6 Å². The van der Waals surface area contributed by atoms with Crippen molar-refractivity contribution >= 4 is 0 Å². The van der Waals surface area contributed by atoms with Crippen LogP contribution >= 0.6 is 0 Å². The zero-order valence-corrected chi connectivity index (χ0v) is 12.4. The van der Waals surface area contributed by atoms with E-state index < -0.39 is 0 Å². The highest BCUT2D eigenvalue weighted by molar-refractivity contribution is 5.41. The van der Waals surface area contributed by atoms with Gasteiger partial charge in [-0.3, -0.25) is 4.98 Å². The zero-order chi connectivity index (χ0) is 14.4. The number of pyridine rings is 1. The number of nitrogens with zero attached hydrogens (tertiary/aromatic N) is 1. The molecule has 0 amide bonds. The van der Waals surface area contributed by atoms with Gasteiger partial charge < -0.3 is 10.1 Å². The molecule has 0 spiro atoms. The molecule has 1 heterocycles. The van der Waals surface area contributed by atoms with Crippen molar-refractivity contribution in [2.45, 2.75) is 26.3 Å². The predicted molar refractivity (Wildman–Crippen MR) is 82.1 cm³/mol. The van der Waals surface area contributed by atoms with E-state index in [2.05, 4.69) is 36.3 Å². The van der Waals surface area contributed by atoms with Gasteiger partial charge in [0, 0.05) is 11.8 Å². The summed E-state index contributed by atoms with van der Waals surface area (Å²) in [6, 6.07) is 12.2. The molecule has 0 bridgehead atoms. The zero-order valence-electron chi connectivity index (χ0n) is 12.4. The number of hydrogen-bond acceptors (Lipinski definition) is 3. The lowest BCUT2D eigenvalue weighted by Gasteiger charge is -2.22. The molecule has 1 aromatic carbocycles. The number of rotatable bonds is 6. The molecule has 0 aliphatic heterocycles. The summed E-state index contributed by atoms with van der Waals surface area (Å²) in [5.74, 6) is 0.895. The Balaban J connectivity index is 2.44. The van der Waals surface area contributed by atoms with Crippen LogP contribution in [-0.4, -0.2) is 18.6 Å². The van der Waals surface area contributed by atoms with Gasteiger partial charge >= 0.3 is 0 Å². The predicted octanol–water partition coefficient (Wildman–Crippen LogP) is 3.49. The highest BCUT2D eigenvalue weighted by atomic mass is 16.5. The molecule has 20 heavy (non-hydrogen) atoms. The van der Waals surface area contributed by atoms with E-state index in [1.54, 1.807) is 7.11 Å². The van der Waals surface area contributed by atoms with Crippen LogP contribution in [0.4, 0.5) is 0 Å². The second kappa shape index (κ2) is 7.06. The lowest BCUT2D eigenvalue weighted by molar-refractivity contribution is 0.403. The summed E-state index contributed by atoms with van der Waals surface area (Å²) in [4.78, 5) is 4.57. The fraction of sp³-hybridized carbons (Fsp3) is 0.353. The lowest BCUT2D eigenvalue weighted by atomic mass is 9.99. The average Bonchev–Trinajstić information content (AvgIpc) is 2.49. The maximum atomic E-state index is 5.50. The van der Waals surface area contributed by atoms with E-state index in [0.717, 1.165) is 30.0 Å². The fourth-order valence-electron chi connectivity index (χ4n) is 2.35. The Kier molecular flexibility index (Phi) is 5.13. The van der Waals surface area contributed by atoms with Gasteiger partial charge in [0.1, 0.15) is 5.75 Å². The summed E-state index contributed by atoms with van der Waals surface area (Å²) in [7, 11) is 1.71. The van der Waals surface area contributed by atoms with Crippen LogP contribution in [0.1, 0.15) is 36.2 Å². The smallest absolute Gasteiger partial charge is 0.124 e. The van der Waals surface area contributed by atoms with E-state index in [0.29, 0.717) is 0 Å². The molecule has 3 heteroatoms. The van der Waals surface area contributed by atoms with Crippen LogP contribution in [0.25, 0.3) is 0 Å². The molecule has 0 saturated carbocycles. The van der Waals surface area contributed by atoms with Crippen LogP contribution in [0.5, 0.6) is 5.75 Å². The van der Waals surface area contributed by atoms with E-state index in [-0.39, 0.29) is 6.04 Å². The van der Waals surface area contributed by atoms with Gasteiger partial charge in [-0.05, 0) is 37.6 Å². The van der Waals surface area contributed by atoms with E-state index in [9.17, 15) is 0 Å². The first-order valence-corrected chi connectivity index (χ1v) is 7.05. The summed E-state index contributed by atoms with van der Waals surface area (Å²) in [6.45, 7) is 5.20. The molecule has 0 radical (unpaired) electrons. The van der Waals surface area contributed by atoms with Crippen LogP contribution in [0.2, 0.25) is 0 Å². The van der Waals surface area contributed by atoms with Gasteiger partial charge in [0.05, 0.1) is 18.8 Å². The lowest BCUT2D eigenvalue weighted by Crippen LogP contribution is -2.25. The Labute approximate surface area is 121 Å². The van der Waals surface area contributed by atoms with Crippen molar-refractivity contribution in [2.75, 3.05) is 13.7 Å². The van der Waals surface area contributed by atoms with Crippen molar-refractivity contribution in [3.63, 3.8) is 0 Å². The molecule has 106 valence electrons. The van der Waals surface area contributed by atoms with Crippen molar-refractivity contribution < 1.29 is 4.74 Å². The third kappa shape index (κ3) is 3.17. The maximum absolute atomic E-state index is 5.50. The van der Waals surface area contributed by atoms with Gasteiger partial charge in [0.25, 0.3) is 0 Å². The van der Waals surface area contributed by atoms with E-state index in [1.807, 2.05) is 30.5 Å². The first-order chi connectivity index (χ1) is 9.77. The number of para-hydroxylation sites is 1. The van der Waals surface area contributed by atoms with Crippen molar-refractivity contribution in [1.29, 1.82) is 0 Å². The standard InChI is InChI=1S/C17H22N2O/c1-4-11-18-17(16-13(2)8-7-12-19-16)14-9-5-6-10-15(14)20-3/h5-10,12,17-18H,4,11H2,1-3H3. The van der Waals surface area contributed by atoms with Gasteiger partial charge in [0.15, 0.2) is 0 Å². The minimum atomic E-state index is 0.0623.